The number of anilines is 1. The molecule has 1 aliphatic carbocycles. The van der Waals surface area contributed by atoms with Gasteiger partial charge in [0.25, 0.3) is 5.69 Å². The summed E-state index contributed by atoms with van der Waals surface area (Å²) in [6.07, 6.45) is 6.64. The third kappa shape index (κ3) is 7.33. The second-order valence-corrected chi connectivity index (χ2v) is 6.98. The first kappa shape index (κ1) is 24.3. The Morgan fingerprint density at radius 2 is 1.72 bits per heavy atom. The largest absolute Gasteiger partial charge is 0.375 e. The molecule has 0 atom stereocenters. The number of nitro benzene ring substituents is 1. The quantitative estimate of drug-likeness (QED) is 0.412. The highest BCUT2D eigenvalue weighted by Crippen LogP contribution is 2.27. The summed E-state index contributed by atoms with van der Waals surface area (Å²) in [6, 6.07) is 10.2. The number of nitrogens with zero attached hydrogens (tertiary/aromatic N) is 2. The van der Waals surface area contributed by atoms with Gasteiger partial charge in [-0.25, -0.2) is 4.39 Å². The fourth-order valence-electron chi connectivity index (χ4n) is 2.88. The van der Waals surface area contributed by atoms with Gasteiger partial charge < -0.3 is 4.90 Å². The first-order valence-electron chi connectivity index (χ1n) is 10.2. The van der Waals surface area contributed by atoms with Crippen molar-refractivity contribution in [3.05, 3.63) is 74.6 Å². The summed E-state index contributed by atoms with van der Waals surface area (Å²) in [7, 11) is 3.70. The summed E-state index contributed by atoms with van der Waals surface area (Å²) in [4.78, 5) is 11.8. The van der Waals surface area contributed by atoms with Gasteiger partial charge in [-0.1, -0.05) is 32.4 Å². The van der Waals surface area contributed by atoms with Crippen molar-refractivity contribution in [2.45, 2.75) is 53.4 Å². The lowest BCUT2D eigenvalue weighted by Gasteiger charge is -2.15. The Balaban J connectivity index is 0.000000268. The van der Waals surface area contributed by atoms with Crippen LogP contribution in [0.1, 0.15) is 56.7 Å². The summed E-state index contributed by atoms with van der Waals surface area (Å²) < 4.78 is 13.4. The normalized spacial score (nSPS) is 11.9. The second kappa shape index (κ2) is 12.0. The van der Waals surface area contributed by atoms with Crippen LogP contribution in [0.25, 0.3) is 6.08 Å². The van der Waals surface area contributed by atoms with Crippen LogP contribution in [0.4, 0.5) is 15.8 Å². The third-order valence-electron chi connectivity index (χ3n) is 4.74. The summed E-state index contributed by atoms with van der Waals surface area (Å²) in [5, 5.41) is 10.4. The zero-order valence-electron chi connectivity index (χ0n) is 18.5. The Bertz CT molecular complexity index is 822. The molecule has 2 aromatic carbocycles. The van der Waals surface area contributed by atoms with Crippen LogP contribution in [0.5, 0.6) is 0 Å². The molecule has 2 aromatic rings. The minimum atomic E-state index is -0.375. The van der Waals surface area contributed by atoms with Gasteiger partial charge >= 0.3 is 0 Å². The van der Waals surface area contributed by atoms with Crippen LogP contribution in [-0.2, 0) is 6.42 Å². The van der Waals surface area contributed by atoms with Gasteiger partial charge in [-0.2, -0.15) is 0 Å². The van der Waals surface area contributed by atoms with Gasteiger partial charge in [0.1, 0.15) is 5.82 Å². The molecule has 0 saturated heterocycles. The molecule has 1 saturated carbocycles. The van der Waals surface area contributed by atoms with E-state index in [2.05, 4.69) is 6.08 Å². The predicted molar refractivity (Wildman–Crippen MR) is 121 cm³/mol. The van der Waals surface area contributed by atoms with E-state index in [4.69, 9.17) is 0 Å². The van der Waals surface area contributed by atoms with Crippen molar-refractivity contribution >= 4 is 17.5 Å². The molecule has 158 valence electrons. The van der Waals surface area contributed by atoms with Crippen LogP contribution in [-0.4, -0.2) is 19.0 Å². The smallest absolute Gasteiger partial charge is 0.269 e. The van der Waals surface area contributed by atoms with Gasteiger partial charge in [0, 0.05) is 26.2 Å². The first-order valence-corrected chi connectivity index (χ1v) is 10.2. The highest BCUT2D eigenvalue weighted by molar-refractivity contribution is 5.56. The van der Waals surface area contributed by atoms with Crippen molar-refractivity contribution in [3.63, 3.8) is 0 Å². The maximum absolute atomic E-state index is 13.4. The SMILES string of the molecule is CC.CCc1cc(F)c(N(C)C)cc1C.O=[N+]([O-])c1ccc(C=C2CCC2)cc1. The van der Waals surface area contributed by atoms with Crippen LogP contribution in [0.3, 0.4) is 0 Å². The highest BCUT2D eigenvalue weighted by atomic mass is 19.1. The number of aryl methyl sites for hydroxylation is 2. The Morgan fingerprint density at radius 3 is 2.14 bits per heavy atom. The van der Waals surface area contributed by atoms with E-state index in [1.807, 2.05) is 47.9 Å². The Hall–Kier alpha value is -2.69. The average molecular weight is 401 g/mol. The summed E-state index contributed by atoms with van der Waals surface area (Å²) in [6.45, 7) is 8.06. The van der Waals surface area contributed by atoms with Crippen LogP contribution in [0, 0.1) is 22.9 Å². The minimum Gasteiger partial charge on any atom is -0.375 e. The minimum absolute atomic E-state index is 0.132. The van der Waals surface area contributed by atoms with Gasteiger partial charge in [0.2, 0.25) is 0 Å². The first-order chi connectivity index (χ1) is 13.8. The number of hydrogen-bond donors (Lipinski definition) is 0. The Kier molecular flexibility index (Phi) is 10.1. The summed E-state index contributed by atoms with van der Waals surface area (Å²) >= 11 is 0. The molecule has 3 rings (SSSR count). The van der Waals surface area contributed by atoms with Gasteiger partial charge in [-0.3, -0.25) is 10.1 Å². The standard InChI is InChI=1S/C11H16FN.C11H11NO2.C2H6/c1-5-9-7-10(12)11(13(3)4)6-8(9)2;13-12(14)11-6-4-10(5-7-11)8-9-2-1-3-9;1-2/h6-7H,5H2,1-4H3;4-8H,1-3H2;1-2H3. The van der Waals surface area contributed by atoms with Crippen molar-refractivity contribution in [3.8, 4) is 0 Å². The van der Waals surface area contributed by atoms with Crippen molar-refractivity contribution < 1.29 is 9.31 Å². The van der Waals surface area contributed by atoms with E-state index >= 15 is 0 Å². The lowest BCUT2D eigenvalue weighted by molar-refractivity contribution is -0.384. The van der Waals surface area contributed by atoms with Crippen molar-refractivity contribution in [1.82, 2.24) is 0 Å². The number of allylic oxidation sites excluding steroid dienone is 1. The van der Waals surface area contributed by atoms with Gasteiger partial charge in [0.15, 0.2) is 0 Å². The lowest BCUT2D eigenvalue weighted by Crippen LogP contribution is -2.11. The summed E-state index contributed by atoms with van der Waals surface area (Å²) in [5.41, 5.74) is 5.57. The maximum Gasteiger partial charge on any atom is 0.269 e. The molecule has 0 N–H and O–H groups in total. The molecule has 0 unspecified atom stereocenters. The van der Waals surface area contributed by atoms with Crippen molar-refractivity contribution in [2.75, 3.05) is 19.0 Å². The Morgan fingerprint density at radius 1 is 1.14 bits per heavy atom. The number of benzene rings is 2. The molecule has 0 heterocycles. The maximum atomic E-state index is 13.4. The zero-order chi connectivity index (χ0) is 22.0. The van der Waals surface area contributed by atoms with E-state index in [1.54, 1.807) is 35.2 Å². The molecule has 1 fully saturated rings. The molecule has 5 heteroatoms. The molecular formula is C24H33FN2O2. The Labute approximate surface area is 174 Å². The molecule has 0 aliphatic heterocycles. The molecule has 0 radical (unpaired) electrons. The number of halogens is 1. The van der Waals surface area contributed by atoms with Crippen LogP contribution in [0.15, 0.2) is 42.0 Å². The topological polar surface area (TPSA) is 46.4 Å². The van der Waals surface area contributed by atoms with Crippen molar-refractivity contribution in [1.29, 1.82) is 0 Å². The number of rotatable bonds is 4. The van der Waals surface area contributed by atoms with Gasteiger partial charge in [-0.05, 0) is 73.6 Å². The molecule has 0 amide bonds. The van der Waals surface area contributed by atoms with E-state index in [-0.39, 0.29) is 16.4 Å². The molecule has 1 aliphatic rings. The molecule has 0 aromatic heterocycles. The number of hydrogen-bond acceptors (Lipinski definition) is 3. The fraction of sp³-hybridized carbons (Fsp3) is 0.417. The molecule has 29 heavy (non-hydrogen) atoms. The van der Waals surface area contributed by atoms with Crippen LogP contribution in [0.2, 0.25) is 0 Å². The predicted octanol–water partition coefficient (Wildman–Crippen LogP) is 6.95. The number of nitro groups is 1. The number of non-ortho nitro benzene ring substituents is 1. The second-order valence-electron chi connectivity index (χ2n) is 6.98. The highest BCUT2D eigenvalue weighted by Gasteiger charge is 2.09. The van der Waals surface area contributed by atoms with Crippen molar-refractivity contribution in [2.24, 2.45) is 0 Å². The lowest BCUT2D eigenvalue weighted by atomic mass is 9.91. The molecular weight excluding hydrogens is 367 g/mol. The third-order valence-corrected chi connectivity index (χ3v) is 4.74. The zero-order valence-corrected chi connectivity index (χ0v) is 18.5. The molecule has 0 spiro atoms. The van der Waals surface area contributed by atoms with E-state index in [1.165, 1.54) is 24.8 Å². The van der Waals surface area contributed by atoms with E-state index in [0.717, 1.165) is 23.1 Å². The van der Waals surface area contributed by atoms with E-state index in [9.17, 15) is 14.5 Å². The summed E-state index contributed by atoms with van der Waals surface area (Å²) in [5.74, 6) is -0.132. The fourth-order valence-corrected chi connectivity index (χ4v) is 2.88. The molecule has 4 nitrogen and oxygen atoms in total. The van der Waals surface area contributed by atoms with Gasteiger partial charge in [-0.15, -0.1) is 0 Å². The molecule has 0 bridgehead atoms. The van der Waals surface area contributed by atoms with Crippen LogP contribution < -0.4 is 4.90 Å². The van der Waals surface area contributed by atoms with Gasteiger partial charge in [0.05, 0.1) is 10.6 Å². The van der Waals surface area contributed by atoms with E-state index in [0.29, 0.717) is 5.69 Å². The average Bonchev–Trinajstić information content (AvgIpc) is 2.68. The van der Waals surface area contributed by atoms with E-state index < -0.39 is 0 Å². The van der Waals surface area contributed by atoms with Crippen LogP contribution >= 0.6 is 0 Å². The monoisotopic (exact) mass is 400 g/mol.